The van der Waals surface area contributed by atoms with Crippen LogP contribution in [0.2, 0.25) is 5.02 Å². The number of halogens is 1. The molecule has 1 aliphatic heterocycles. The Morgan fingerprint density at radius 2 is 2.06 bits per heavy atom. The molecule has 35 heavy (non-hydrogen) atoms. The minimum Gasteiger partial charge on any atom is -0.504 e. The van der Waals surface area contributed by atoms with Gasteiger partial charge in [0.15, 0.2) is 11.5 Å². The molecule has 0 aliphatic carbocycles. The number of nitrogens with one attached hydrogen (secondary N) is 1. The molecule has 178 valence electrons. The second-order valence-corrected chi connectivity index (χ2v) is 8.35. The van der Waals surface area contributed by atoms with Crippen molar-refractivity contribution in [3.05, 3.63) is 88.8 Å². The molecular formula is C25H21ClN4O5. The molecule has 0 saturated heterocycles. The van der Waals surface area contributed by atoms with Gasteiger partial charge in [0.05, 0.1) is 31.5 Å². The SMILES string of the molecule is COc1ccc(C2NC(=O)N(Cc3ccco3)C(C)=C2c2nc(-c3cccc(Cl)c3)no2)cc1O. The highest BCUT2D eigenvalue weighted by atomic mass is 35.5. The fourth-order valence-electron chi connectivity index (χ4n) is 4.02. The number of allylic oxidation sites excluding steroid dienone is 1. The Morgan fingerprint density at radius 1 is 1.20 bits per heavy atom. The summed E-state index contributed by atoms with van der Waals surface area (Å²) >= 11 is 6.13. The fraction of sp³-hybridized carbons (Fsp3) is 0.160. The second kappa shape index (κ2) is 9.19. The predicted octanol–water partition coefficient (Wildman–Crippen LogP) is 5.39. The average molecular weight is 493 g/mol. The number of benzene rings is 2. The molecule has 0 bridgehead atoms. The van der Waals surface area contributed by atoms with Gasteiger partial charge in [0.1, 0.15) is 5.76 Å². The van der Waals surface area contributed by atoms with Gasteiger partial charge in [-0.1, -0.05) is 35.0 Å². The number of carbonyl (C=O) groups excluding carboxylic acids is 1. The fourth-order valence-corrected chi connectivity index (χ4v) is 4.21. The Balaban J connectivity index is 1.61. The van der Waals surface area contributed by atoms with Gasteiger partial charge in [0.2, 0.25) is 5.82 Å². The molecule has 3 heterocycles. The summed E-state index contributed by atoms with van der Waals surface area (Å²) in [5.74, 6) is 1.46. The van der Waals surface area contributed by atoms with Gasteiger partial charge < -0.3 is 24.1 Å². The van der Waals surface area contributed by atoms with Crippen molar-refractivity contribution in [1.29, 1.82) is 0 Å². The van der Waals surface area contributed by atoms with Crippen LogP contribution >= 0.6 is 11.6 Å². The number of phenols is 1. The topological polar surface area (TPSA) is 114 Å². The van der Waals surface area contributed by atoms with E-state index in [-0.39, 0.29) is 24.2 Å². The molecule has 4 aromatic rings. The molecule has 0 saturated carbocycles. The van der Waals surface area contributed by atoms with Crippen LogP contribution in [0.1, 0.15) is 30.2 Å². The summed E-state index contributed by atoms with van der Waals surface area (Å²) in [5.41, 5.74) is 2.50. The highest BCUT2D eigenvalue weighted by Gasteiger charge is 2.36. The number of ether oxygens (including phenoxy) is 1. The molecule has 0 radical (unpaired) electrons. The van der Waals surface area contributed by atoms with Crippen molar-refractivity contribution in [2.75, 3.05) is 7.11 Å². The zero-order valence-corrected chi connectivity index (χ0v) is 19.6. The number of urea groups is 1. The lowest BCUT2D eigenvalue weighted by Crippen LogP contribution is -2.45. The van der Waals surface area contributed by atoms with E-state index in [0.717, 1.165) is 0 Å². The van der Waals surface area contributed by atoms with Gasteiger partial charge in [-0.05, 0) is 48.9 Å². The maximum atomic E-state index is 13.1. The van der Waals surface area contributed by atoms with Crippen molar-refractivity contribution in [3.8, 4) is 22.9 Å². The summed E-state index contributed by atoms with van der Waals surface area (Å²) in [6, 6.07) is 14.6. The van der Waals surface area contributed by atoms with Crippen LogP contribution in [0.15, 0.2) is 75.5 Å². The number of hydrogen-bond donors (Lipinski definition) is 2. The summed E-state index contributed by atoms with van der Waals surface area (Å²) in [4.78, 5) is 19.3. The van der Waals surface area contributed by atoms with E-state index in [2.05, 4.69) is 15.5 Å². The van der Waals surface area contributed by atoms with E-state index in [1.165, 1.54) is 18.1 Å². The lowest BCUT2D eigenvalue weighted by molar-refractivity contribution is 0.199. The van der Waals surface area contributed by atoms with Crippen LogP contribution in [0.25, 0.3) is 17.0 Å². The Bertz CT molecular complexity index is 1410. The maximum Gasteiger partial charge on any atom is 0.322 e. The number of nitrogens with zero attached hydrogens (tertiary/aromatic N) is 3. The Labute approximate surface area is 205 Å². The van der Waals surface area contributed by atoms with Crippen molar-refractivity contribution in [2.45, 2.75) is 19.5 Å². The molecule has 1 aliphatic rings. The van der Waals surface area contributed by atoms with Gasteiger partial charge in [0.25, 0.3) is 5.89 Å². The predicted molar refractivity (Wildman–Crippen MR) is 128 cm³/mol. The number of methoxy groups -OCH3 is 1. The zero-order valence-electron chi connectivity index (χ0n) is 18.9. The zero-order chi connectivity index (χ0) is 24.5. The van der Waals surface area contributed by atoms with Gasteiger partial charge in [-0.25, -0.2) is 4.79 Å². The van der Waals surface area contributed by atoms with Crippen LogP contribution in [0, 0.1) is 0 Å². The molecule has 1 atom stereocenters. The molecule has 5 rings (SSSR count). The molecule has 0 spiro atoms. The first-order valence-corrected chi connectivity index (χ1v) is 11.1. The minimum atomic E-state index is -0.667. The number of rotatable bonds is 6. The second-order valence-electron chi connectivity index (χ2n) is 7.91. The summed E-state index contributed by atoms with van der Waals surface area (Å²) < 4.78 is 16.3. The highest BCUT2D eigenvalue weighted by molar-refractivity contribution is 6.30. The number of aromatic hydroxyl groups is 1. The largest absolute Gasteiger partial charge is 0.504 e. The van der Waals surface area contributed by atoms with E-state index in [9.17, 15) is 9.90 Å². The number of hydrogen-bond acceptors (Lipinski definition) is 7. The minimum absolute atomic E-state index is 0.0561. The quantitative estimate of drug-likeness (QED) is 0.370. The van der Waals surface area contributed by atoms with Crippen molar-refractivity contribution in [2.24, 2.45) is 0 Å². The first kappa shape index (κ1) is 22.5. The molecule has 2 aromatic carbocycles. The molecule has 2 amide bonds. The van der Waals surface area contributed by atoms with Crippen molar-refractivity contribution < 1.29 is 23.6 Å². The van der Waals surface area contributed by atoms with Gasteiger partial charge in [-0.2, -0.15) is 4.98 Å². The van der Waals surface area contributed by atoms with Crippen LogP contribution in [-0.2, 0) is 6.54 Å². The van der Waals surface area contributed by atoms with Gasteiger partial charge in [-0.15, -0.1) is 0 Å². The lowest BCUT2D eigenvalue weighted by atomic mass is 9.94. The number of aromatic nitrogens is 2. The van der Waals surface area contributed by atoms with Crippen LogP contribution in [-0.4, -0.2) is 33.3 Å². The third kappa shape index (κ3) is 4.33. The number of amides is 2. The Hall–Kier alpha value is -4.24. The third-order valence-electron chi connectivity index (χ3n) is 5.77. The highest BCUT2D eigenvalue weighted by Crippen LogP contribution is 2.40. The van der Waals surface area contributed by atoms with E-state index in [4.69, 9.17) is 25.3 Å². The first-order chi connectivity index (χ1) is 16.9. The average Bonchev–Trinajstić information content (AvgIpc) is 3.54. The lowest BCUT2D eigenvalue weighted by Gasteiger charge is -2.34. The van der Waals surface area contributed by atoms with E-state index >= 15 is 0 Å². The Morgan fingerprint density at radius 3 is 2.77 bits per heavy atom. The van der Waals surface area contributed by atoms with Crippen LogP contribution in [0.5, 0.6) is 11.5 Å². The van der Waals surface area contributed by atoms with Crippen LogP contribution < -0.4 is 10.1 Å². The Kier molecular flexibility index (Phi) is 5.92. The molecule has 1 unspecified atom stereocenters. The first-order valence-electron chi connectivity index (χ1n) is 10.7. The molecule has 2 aromatic heterocycles. The normalized spacial score (nSPS) is 15.9. The molecule has 10 heteroatoms. The number of furan rings is 1. The summed E-state index contributed by atoms with van der Waals surface area (Å²) in [5, 5.41) is 18.0. The van der Waals surface area contributed by atoms with Gasteiger partial charge in [-0.3, -0.25) is 4.90 Å². The monoisotopic (exact) mass is 492 g/mol. The van der Waals surface area contributed by atoms with Crippen molar-refractivity contribution >= 4 is 23.2 Å². The van der Waals surface area contributed by atoms with E-state index in [1.807, 2.05) is 6.07 Å². The van der Waals surface area contributed by atoms with Crippen LogP contribution in [0.3, 0.4) is 0 Å². The summed E-state index contributed by atoms with van der Waals surface area (Å²) in [6.07, 6.45) is 1.55. The molecule has 0 fully saturated rings. The maximum absolute atomic E-state index is 13.1. The number of phenolic OH excluding ortho intramolecular Hbond substituents is 1. The molecule has 2 N–H and O–H groups in total. The standard InChI is InChI=1S/C25H21ClN4O5/c1-14-21(24-28-23(29-35-24)16-5-3-6-17(26)11-16)22(15-8-9-20(33-2)19(31)12-15)27-25(32)30(14)13-18-7-4-10-34-18/h3-12,22,31H,13H2,1-2H3,(H,27,32). The summed E-state index contributed by atoms with van der Waals surface area (Å²) in [6.45, 7) is 2.01. The van der Waals surface area contributed by atoms with Gasteiger partial charge in [0, 0.05) is 16.3 Å². The van der Waals surface area contributed by atoms with E-state index < -0.39 is 6.04 Å². The molecular weight excluding hydrogens is 472 g/mol. The smallest absolute Gasteiger partial charge is 0.322 e. The third-order valence-corrected chi connectivity index (χ3v) is 6.00. The van der Waals surface area contributed by atoms with Crippen molar-refractivity contribution in [3.63, 3.8) is 0 Å². The van der Waals surface area contributed by atoms with Crippen LogP contribution in [0.4, 0.5) is 4.79 Å². The van der Waals surface area contributed by atoms with Gasteiger partial charge >= 0.3 is 6.03 Å². The van der Waals surface area contributed by atoms with E-state index in [1.54, 1.807) is 55.7 Å². The summed E-state index contributed by atoms with van der Waals surface area (Å²) in [7, 11) is 1.47. The van der Waals surface area contributed by atoms with E-state index in [0.29, 0.717) is 44.8 Å². The molecule has 9 nitrogen and oxygen atoms in total. The number of carbonyl (C=O) groups is 1. The van der Waals surface area contributed by atoms with Crippen molar-refractivity contribution in [1.82, 2.24) is 20.4 Å².